The van der Waals surface area contributed by atoms with Crippen LogP contribution in [0.3, 0.4) is 0 Å². The second-order valence-corrected chi connectivity index (χ2v) is 8.07. The molecule has 1 heterocycles. The van der Waals surface area contributed by atoms with Crippen molar-refractivity contribution in [2.45, 2.75) is 26.4 Å². The van der Waals surface area contributed by atoms with Gasteiger partial charge in [-0.3, -0.25) is 9.59 Å². The number of hydrogen-bond donors (Lipinski definition) is 0. The Morgan fingerprint density at radius 2 is 1.82 bits per heavy atom. The minimum absolute atomic E-state index is 0.227. The highest BCUT2D eigenvalue weighted by molar-refractivity contribution is 6.00. The summed E-state index contributed by atoms with van der Waals surface area (Å²) < 4.78 is 23.1. The third-order valence-electron chi connectivity index (χ3n) is 5.00. The van der Waals surface area contributed by atoms with Gasteiger partial charge in [-0.25, -0.2) is 0 Å². The Kier molecular flexibility index (Phi) is 7.38. The number of ether oxygens (including phenoxy) is 4. The van der Waals surface area contributed by atoms with E-state index < -0.39 is 5.60 Å². The first-order valence-electron chi connectivity index (χ1n) is 10.6. The fourth-order valence-corrected chi connectivity index (χ4v) is 3.40. The van der Waals surface area contributed by atoms with Gasteiger partial charge in [0.05, 0.1) is 16.7 Å². The van der Waals surface area contributed by atoms with Crippen LogP contribution < -0.4 is 18.9 Å². The normalized spacial score (nSPS) is 13.3. The number of aldehydes is 1. The predicted molar refractivity (Wildman–Crippen MR) is 128 cm³/mol. The Bertz CT molecular complexity index is 1110. The zero-order valence-electron chi connectivity index (χ0n) is 19.2. The number of hydrogen-bond acceptors (Lipinski definition) is 6. The van der Waals surface area contributed by atoms with Crippen LogP contribution in [-0.2, 0) is 0 Å². The molecule has 0 spiro atoms. The summed E-state index contributed by atoms with van der Waals surface area (Å²) in [5.41, 5.74) is 1.57. The molecule has 1 aliphatic heterocycles. The van der Waals surface area contributed by atoms with E-state index in [4.69, 9.17) is 18.9 Å². The lowest BCUT2D eigenvalue weighted by atomic mass is 9.97. The fraction of sp³-hybridized carbons (Fsp3) is 0.259. The van der Waals surface area contributed by atoms with E-state index in [0.29, 0.717) is 51.9 Å². The average molecular weight is 449 g/mol. The van der Waals surface area contributed by atoms with Crippen molar-refractivity contribution in [1.82, 2.24) is 0 Å². The number of aryl methyl sites for hydroxylation is 1. The van der Waals surface area contributed by atoms with Crippen molar-refractivity contribution in [3.63, 3.8) is 0 Å². The van der Waals surface area contributed by atoms with Gasteiger partial charge in [-0.15, -0.1) is 0 Å². The molecule has 6 nitrogen and oxygen atoms in total. The largest absolute Gasteiger partial charge is 0.489 e. The Balaban J connectivity index is 1.89. The lowest BCUT2D eigenvalue weighted by Crippen LogP contribution is -2.28. The van der Waals surface area contributed by atoms with E-state index in [1.165, 1.54) is 0 Å². The topological polar surface area (TPSA) is 71.1 Å². The Morgan fingerprint density at radius 1 is 1.09 bits per heavy atom. The van der Waals surface area contributed by atoms with Crippen LogP contribution in [0.25, 0.3) is 6.08 Å². The molecule has 0 bridgehead atoms. The van der Waals surface area contributed by atoms with Gasteiger partial charge in [0, 0.05) is 6.07 Å². The van der Waals surface area contributed by atoms with Crippen LogP contribution in [0.4, 0.5) is 0 Å². The molecule has 0 atom stereocenters. The van der Waals surface area contributed by atoms with Gasteiger partial charge in [0.15, 0.2) is 12.9 Å². The molecule has 1 aliphatic rings. The SMILES string of the molecule is C=CCOc1ccc(C(=O)COc2c(C=O)c(C)cc3c2C=CC(C)(C)O3)c(OCC=C)c1. The molecule has 0 N–H and O–H groups in total. The zero-order valence-corrected chi connectivity index (χ0v) is 19.2. The molecule has 33 heavy (non-hydrogen) atoms. The molecule has 6 heteroatoms. The number of fused-ring (bicyclic) bond motifs is 1. The Morgan fingerprint density at radius 3 is 2.52 bits per heavy atom. The smallest absolute Gasteiger partial charge is 0.203 e. The van der Waals surface area contributed by atoms with Crippen LogP contribution in [0.5, 0.6) is 23.0 Å². The summed E-state index contributed by atoms with van der Waals surface area (Å²) in [4.78, 5) is 24.8. The molecule has 0 aliphatic carbocycles. The molecule has 2 aromatic rings. The van der Waals surface area contributed by atoms with E-state index >= 15 is 0 Å². The third-order valence-corrected chi connectivity index (χ3v) is 5.00. The lowest BCUT2D eigenvalue weighted by Gasteiger charge is -2.29. The van der Waals surface area contributed by atoms with E-state index in [2.05, 4.69) is 13.2 Å². The van der Waals surface area contributed by atoms with Crippen LogP contribution in [0, 0.1) is 6.92 Å². The van der Waals surface area contributed by atoms with Crippen LogP contribution >= 0.6 is 0 Å². The van der Waals surface area contributed by atoms with Gasteiger partial charge in [0.25, 0.3) is 0 Å². The van der Waals surface area contributed by atoms with E-state index in [0.717, 1.165) is 6.29 Å². The first kappa shape index (κ1) is 23.9. The Hall–Kier alpha value is -3.80. The number of Topliss-reactive ketones (excluding diaryl/α,β-unsaturated/α-hetero) is 1. The van der Waals surface area contributed by atoms with Crippen molar-refractivity contribution in [3.05, 3.63) is 77.9 Å². The summed E-state index contributed by atoms with van der Waals surface area (Å²) in [6.07, 6.45) is 7.69. The minimum atomic E-state index is -0.484. The van der Waals surface area contributed by atoms with Gasteiger partial charge in [-0.05, 0) is 56.7 Å². The van der Waals surface area contributed by atoms with Crippen molar-refractivity contribution in [3.8, 4) is 23.0 Å². The van der Waals surface area contributed by atoms with Crippen molar-refractivity contribution >= 4 is 18.1 Å². The summed E-state index contributed by atoms with van der Waals surface area (Å²) >= 11 is 0. The lowest BCUT2D eigenvalue weighted by molar-refractivity contribution is 0.0912. The summed E-state index contributed by atoms with van der Waals surface area (Å²) in [6, 6.07) is 6.76. The summed E-state index contributed by atoms with van der Waals surface area (Å²) in [5.74, 6) is 1.52. The third kappa shape index (κ3) is 5.52. The van der Waals surface area contributed by atoms with Crippen LogP contribution in [-0.4, -0.2) is 37.5 Å². The highest BCUT2D eigenvalue weighted by Gasteiger charge is 2.27. The zero-order chi connectivity index (χ0) is 24.0. The van der Waals surface area contributed by atoms with Crippen molar-refractivity contribution in [1.29, 1.82) is 0 Å². The second kappa shape index (κ2) is 10.2. The van der Waals surface area contributed by atoms with Crippen LogP contribution in [0.2, 0.25) is 0 Å². The molecule has 0 radical (unpaired) electrons. The van der Waals surface area contributed by atoms with Gasteiger partial charge < -0.3 is 18.9 Å². The summed E-state index contributed by atoms with van der Waals surface area (Å²) in [5, 5.41) is 0. The number of benzene rings is 2. The van der Waals surface area contributed by atoms with E-state index in [-0.39, 0.29) is 19.0 Å². The molecular formula is C27H28O6. The summed E-state index contributed by atoms with van der Waals surface area (Å²) in [6.45, 7) is 13.2. The quantitative estimate of drug-likeness (QED) is 0.261. The van der Waals surface area contributed by atoms with Crippen molar-refractivity contribution < 1.29 is 28.5 Å². The van der Waals surface area contributed by atoms with Gasteiger partial charge in [0.1, 0.15) is 41.8 Å². The standard InChI is InChI=1S/C27H28O6/c1-6-12-30-19-8-9-20(24(15-19)31-13-7-2)23(29)17-32-26-21-10-11-27(4,5)33-25(21)14-18(3)22(26)16-28/h6-11,14-16H,1-2,12-13,17H2,3-5H3. The van der Waals surface area contributed by atoms with Crippen molar-refractivity contribution in [2.24, 2.45) is 0 Å². The van der Waals surface area contributed by atoms with Gasteiger partial charge >= 0.3 is 0 Å². The number of ketones is 1. The number of rotatable bonds is 11. The maximum absolute atomic E-state index is 13.1. The van der Waals surface area contributed by atoms with E-state index in [1.54, 1.807) is 37.3 Å². The molecular weight excluding hydrogens is 420 g/mol. The highest BCUT2D eigenvalue weighted by atomic mass is 16.5. The molecule has 0 saturated carbocycles. The van der Waals surface area contributed by atoms with E-state index in [9.17, 15) is 9.59 Å². The molecule has 0 aromatic heterocycles. The molecule has 0 saturated heterocycles. The van der Waals surface area contributed by atoms with Crippen molar-refractivity contribution in [2.75, 3.05) is 19.8 Å². The maximum Gasteiger partial charge on any atom is 0.203 e. The molecule has 3 rings (SSSR count). The van der Waals surface area contributed by atoms with Gasteiger partial charge in [-0.2, -0.15) is 0 Å². The molecule has 172 valence electrons. The fourth-order valence-electron chi connectivity index (χ4n) is 3.40. The average Bonchev–Trinajstić information content (AvgIpc) is 2.78. The summed E-state index contributed by atoms with van der Waals surface area (Å²) in [7, 11) is 0. The number of carbonyl (C=O) groups is 2. The molecule has 0 amide bonds. The highest BCUT2D eigenvalue weighted by Crippen LogP contribution is 2.40. The minimum Gasteiger partial charge on any atom is -0.489 e. The van der Waals surface area contributed by atoms with E-state index in [1.807, 2.05) is 32.1 Å². The monoisotopic (exact) mass is 448 g/mol. The predicted octanol–water partition coefficient (Wildman–Crippen LogP) is 5.38. The molecule has 2 aromatic carbocycles. The number of carbonyl (C=O) groups excluding carboxylic acids is 2. The molecule has 0 unspecified atom stereocenters. The first-order valence-corrected chi connectivity index (χ1v) is 10.6. The second-order valence-electron chi connectivity index (χ2n) is 8.07. The first-order chi connectivity index (χ1) is 15.8. The van der Waals surface area contributed by atoms with Crippen LogP contribution in [0.1, 0.15) is 45.7 Å². The van der Waals surface area contributed by atoms with Gasteiger partial charge in [0.2, 0.25) is 5.78 Å². The van der Waals surface area contributed by atoms with Gasteiger partial charge in [-0.1, -0.05) is 25.3 Å². The van der Waals surface area contributed by atoms with Crippen LogP contribution in [0.15, 0.2) is 55.7 Å². The molecule has 0 fully saturated rings. The Labute approximate surface area is 194 Å². The maximum atomic E-state index is 13.1.